The van der Waals surface area contributed by atoms with E-state index in [0.717, 1.165) is 6.42 Å². The monoisotopic (exact) mass is 240 g/mol. The summed E-state index contributed by atoms with van der Waals surface area (Å²) in [6, 6.07) is -0.234. The molecule has 4 nitrogen and oxygen atoms in total. The summed E-state index contributed by atoms with van der Waals surface area (Å²) in [4.78, 5) is 25.7. The first kappa shape index (κ1) is 14.0. The number of hydrogen-bond donors (Lipinski definition) is 1. The lowest BCUT2D eigenvalue weighted by Gasteiger charge is -2.39. The van der Waals surface area contributed by atoms with Crippen molar-refractivity contribution < 1.29 is 9.59 Å². The highest BCUT2D eigenvalue weighted by atomic mass is 16.2. The molecule has 2 amide bonds. The van der Waals surface area contributed by atoms with Crippen LogP contribution in [0.3, 0.4) is 0 Å². The molecular formula is C13H24N2O2. The zero-order valence-corrected chi connectivity index (χ0v) is 11.5. The summed E-state index contributed by atoms with van der Waals surface area (Å²) in [6.07, 6.45) is 0.889. The second-order valence-electron chi connectivity index (χ2n) is 5.38. The Balaban J connectivity index is 2.86. The van der Waals surface area contributed by atoms with Crippen molar-refractivity contribution >= 4 is 11.8 Å². The molecule has 1 rings (SSSR count). The van der Waals surface area contributed by atoms with E-state index in [1.165, 1.54) is 0 Å². The highest BCUT2D eigenvalue weighted by molar-refractivity contribution is 5.95. The zero-order chi connectivity index (χ0) is 13.2. The Morgan fingerprint density at radius 2 is 1.88 bits per heavy atom. The van der Waals surface area contributed by atoms with Crippen molar-refractivity contribution in [2.45, 2.75) is 53.1 Å². The van der Waals surface area contributed by atoms with Crippen molar-refractivity contribution in [1.82, 2.24) is 10.2 Å². The largest absolute Gasteiger partial charge is 0.342 e. The van der Waals surface area contributed by atoms with E-state index in [2.05, 4.69) is 19.2 Å². The number of amides is 2. The minimum absolute atomic E-state index is 0.0394. The smallest absolute Gasteiger partial charge is 0.246 e. The third-order valence-electron chi connectivity index (χ3n) is 3.85. The van der Waals surface area contributed by atoms with Gasteiger partial charge in [0.1, 0.15) is 6.04 Å². The van der Waals surface area contributed by atoms with Gasteiger partial charge in [-0.15, -0.1) is 0 Å². The Kier molecular flexibility index (Phi) is 4.54. The van der Waals surface area contributed by atoms with Crippen LogP contribution in [-0.2, 0) is 9.59 Å². The van der Waals surface area contributed by atoms with Crippen LogP contribution in [-0.4, -0.2) is 35.3 Å². The predicted molar refractivity (Wildman–Crippen MR) is 67.4 cm³/mol. The zero-order valence-electron chi connectivity index (χ0n) is 11.5. The molecule has 3 unspecified atom stereocenters. The summed E-state index contributed by atoms with van der Waals surface area (Å²) in [7, 11) is 0. The molecule has 0 aromatic heterocycles. The van der Waals surface area contributed by atoms with E-state index in [-0.39, 0.29) is 36.4 Å². The number of nitrogens with zero attached hydrogens (tertiary/aromatic N) is 1. The van der Waals surface area contributed by atoms with Gasteiger partial charge < -0.3 is 10.2 Å². The van der Waals surface area contributed by atoms with Gasteiger partial charge >= 0.3 is 0 Å². The van der Waals surface area contributed by atoms with Crippen LogP contribution in [0.2, 0.25) is 0 Å². The first-order valence-electron chi connectivity index (χ1n) is 6.48. The molecule has 1 N–H and O–H groups in total. The number of carbonyl (C=O) groups is 2. The van der Waals surface area contributed by atoms with Crippen molar-refractivity contribution in [3.63, 3.8) is 0 Å². The molecule has 1 heterocycles. The molecule has 0 radical (unpaired) electrons. The van der Waals surface area contributed by atoms with E-state index in [1.54, 1.807) is 4.90 Å². The molecule has 17 heavy (non-hydrogen) atoms. The number of nitrogens with one attached hydrogen (secondary N) is 1. The van der Waals surface area contributed by atoms with Crippen LogP contribution in [0, 0.1) is 11.8 Å². The van der Waals surface area contributed by atoms with Crippen LogP contribution in [0.25, 0.3) is 0 Å². The van der Waals surface area contributed by atoms with E-state index in [1.807, 2.05) is 20.8 Å². The standard InChI is InChI=1S/C13H24N2O2/c1-6-9(4)12-13(17)15(7-11(16)14-12)10(5)8(2)3/h8-10,12H,6-7H2,1-5H3,(H,14,16). The van der Waals surface area contributed by atoms with E-state index < -0.39 is 0 Å². The van der Waals surface area contributed by atoms with E-state index in [4.69, 9.17) is 0 Å². The maximum absolute atomic E-state index is 12.3. The Morgan fingerprint density at radius 1 is 1.29 bits per heavy atom. The van der Waals surface area contributed by atoms with Gasteiger partial charge in [-0.2, -0.15) is 0 Å². The fourth-order valence-electron chi connectivity index (χ4n) is 2.02. The quantitative estimate of drug-likeness (QED) is 0.807. The van der Waals surface area contributed by atoms with Crippen molar-refractivity contribution in [3.8, 4) is 0 Å². The van der Waals surface area contributed by atoms with Gasteiger partial charge in [0.15, 0.2) is 0 Å². The summed E-state index contributed by atoms with van der Waals surface area (Å²) in [5, 5.41) is 2.81. The maximum atomic E-state index is 12.3. The van der Waals surface area contributed by atoms with Gasteiger partial charge in [0.2, 0.25) is 11.8 Å². The molecule has 0 aromatic carbocycles. The highest BCUT2D eigenvalue weighted by Crippen LogP contribution is 2.19. The third kappa shape index (κ3) is 2.99. The van der Waals surface area contributed by atoms with E-state index >= 15 is 0 Å². The van der Waals surface area contributed by atoms with Gasteiger partial charge in [0.25, 0.3) is 0 Å². The van der Waals surface area contributed by atoms with Gasteiger partial charge in [0.05, 0.1) is 6.54 Å². The number of piperazine rings is 1. The topological polar surface area (TPSA) is 49.4 Å². The predicted octanol–water partition coefficient (Wildman–Crippen LogP) is 1.40. The van der Waals surface area contributed by atoms with Gasteiger partial charge in [-0.05, 0) is 18.8 Å². The molecule has 0 aromatic rings. The second kappa shape index (κ2) is 5.52. The molecule has 98 valence electrons. The maximum Gasteiger partial charge on any atom is 0.246 e. The molecule has 1 aliphatic heterocycles. The van der Waals surface area contributed by atoms with Crippen LogP contribution in [0.15, 0.2) is 0 Å². The molecule has 0 saturated carbocycles. The van der Waals surface area contributed by atoms with Crippen molar-refractivity contribution in [1.29, 1.82) is 0 Å². The lowest BCUT2D eigenvalue weighted by Crippen LogP contribution is -2.62. The summed E-state index contributed by atoms with van der Waals surface area (Å²) >= 11 is 0. The number of hydrogen-bond acceptors (Lipinski definition) is 2. The van der Waals surface area contributed by atoms with Crippen LogP contribution in [0.1, 0.15) is 41.0 Å². The Bertz CT molecular complexity index is 302. The SMILES string of the molecule is CCC(C)C1NC(=O)CN(C(C)C(C)C)C1=O. The molecule has 0 aliphatic carbocycles. The average molecular weight is 240 g/mol. The first-order chi connectivity index (χ1) is 7.88. The minimum Gasteiger partial charge on any atom is -0.342 e. The molecule has 1 saturated heterocycles. The number of rotatable bonds is 4. The van der Waals surface area contributed by atoms with Crippen LogP contribution < -0.4 is 5.32 Å². The molecular weight excluding hydrogens is 216 g/mol. The van der Waals surface area contributed by atoms with Gasteiger partial charge in [-0.25, -0.2) is 0 Å². The molecule has 1 aliphatic rings. The molecule has 0 spiro atoms. The lowest BCUT2D eigenvalue weighted by atomic mass is 9.94. The molecule has 3 atom stereocenters. The number of carbonyl (C=O) groups excluding carboxylic acids is 2. The molecule has 1 fully saturated rings. The summed E-state index contributed by atoms with van der Waals surface area (Å²) in [5.74, 6) is 0.582. The van der Waals surface area contributed by atoms with Crippen LogP contribution >= 0.6 is 0 Å². The van der Waals surface area contributed by atoms with Gasteiger partial charge in [-0.3, -0.25) is 9.59 Å². The van der Waals surface area contributed by atoms with E-state index in [9.17, 15) is 9.59 Å². The van der Waals surface area contributed by atoms with Crippen molar-refractivity contribution in [2.24, 2.45) is 11.8 Å². The normalized spacial score (nSPS) is 24.8. The Hall–Kier alpha value is -1.06. The third-order valence-corrected chi connectivity index (χ3v) is 3.85. The van der Waals surface area contributed by atoms with Crippen LogP contribution in [0.4, 0.5) is 0 Å². The van der Waals surface area contributed by atoms with Crippen LogP contribution in [0.5, 0.6) is 0 Å². The molecule has 4 heteroatoms. The van der Waals surface area contributed by atoms with Crippen molar-refractivity contribution in [3.05, 3.63) is 0 Å². The minimum atomic E-state index is -0.345. The van der Waals surface area contributed by atoms with E-state index in [0.29, 0.717) is 5.92 Å². The lowest BCUT2D eigenvalue weighted by molar-refractivity contribution is -0.148. The Labute approximate surface area is 104 Å². The first-order valence-corrected chi connectivity index (χ1v) is 6.48. The fourth-order valence-corrected chi connectivity index (χ4v) is 2.02. The van der Waals surface area contributed by atoms with Gasteiger partial charge in [0, 0.05) is 6.04 Å². The average Bonchev–Trinajstić information content (AvgIpc) is 2.29. The molecule has 0 bridgehead atoms. The summed E-state index contributed by atoms with van der Waals surface area (Å²) in [5.41, 5.74) is 0. The second-order valence-corrected chi connectivity index (χ2v) is 5.38. The summed E-state index contributed by atoms with van der Waals surface area (Å²) in [6.45, 7) is 10.4. The Morgan fingerprint density at radius 3 is 2.35 bits per heavy atom. The fraction of sp³-hybridized carbons (Fsp3) is 0.846. The van der Waals surface area contributed by atoms with Gasteiger partial charge in [-0.1, -0.05) is 34.1 Å². The summed E-state index contributed by atoms with van der Waals surface area (Å²) < 4.78 is 0. The highest BCUT2D eigenvalue weighted by Gasteiger charge is 2.37. The van der Waals surface area contributed by atoms with Crippen molar-refractivity contribution in [2.75, 3.05) is 6.54 Å².